The summed E-state index contributed by atoms with van der Waals surface area (Å²) in [6.45, 7) is 0.529. The van der Waals surface area contributed by atoms with Crippen LogP contribution in [-0.2, 0) is 4.79 Å². The lowest BCUT2D eigenvalue weighted by Crippen LogP contribution is -2.19. The van der Waals surface area contributed by atoms with E-state index in [4.69, 9.17) is 6.85 Å². The van der Waals surface area contributed by atoms with Gasteiger partial charge in [0, 0.05) is 18.7 Å². The lowest BCUT2D eigenvalue weighted by atomic mass is 10.3. The van der Waals surface area contributed by atoms with Crippen molar-refractivity contribution in [2.75, 3.05) is 18.0 Å². The van der Waals surface area contributed by atoms with Crippen molar-refractivity contribution in [3.63, 3.8) is 0 Å². The summed E-state index contributed by atoms with van der Waals surface area (Å²) in [6, 6.07) is -1.62. The molecule has 0 atom stereocenters. The van der Waals surface area contributed by atoms with Crippen LogP contribution in [0.5, 0.6) is 0 Å². The Hall–Kier alpha value is -1.31. The number of rotatable bonds is 1. The summed E-state index contributed by atoms with van der Waals surface area (Å²) in [4.78, 5) is 12.7. The second-order valence-corrected chi connectivity index (χ2v) is 2.68. The van der Waals surface area contributed by atoms with Gasteiger partial charge in [0.05, 0.1) is 13.4 Å². The minimum atomic E-state index is -0.408. The maximum absolute atomic E-state index is 11.2. The molecule has 1 aliphatic heterocycles. The predicted octanol–water partition coefficient (Wildman–Crippen LogP) is 1.47. The van der Waals surface area contributed by atoms with Crippen molar-refractivity contribution < 1.29 is 11.6 Å². The van der Waals surface area contributed by atoms with Crippen LogP contribution >= 0.6 is 0 Å². The Labute approximate surface area is 78.8 Å². The van der Waals surface area contributed by atoms with Crippen molar-refractivity contribution in [2.45, 2.75) is 6.42 Å². The predicted molar refractivity (Wildman–Crippen MR) is 48.3 cm³/mol. The molecule has 0 saturated carbocycles. The Morgan fingerprint density at radius 1 is 1.33 bits per heavy atom. The van der Waals surface area contributed by atoms with E-state index in [9.17, 15) is 4.79 Å². The van der Waals surface area contributed by atoms with E-state index in [1.165, 1.54) is 0 Å². The fourth-order valence-corrected chi connectivity index (χ4v) is 1.22. The summed E-state index contributed by atoms with van der Waals surface area (Å²) in [5.41, 5.74) is 0.127. The van der Waals surface area contributed by atoms with Crippen LogP contribution in [0.2, 0.25) is 0 Å². The van der Waals surface area contributed by atoms with Crippen LogP contribution < -0.4 is 4.90 Å². The zero-order valence-electron chi connectivity index (χ0n) is 11.5. The molecule has 1 aromatic carbocycles. The Balaban J connectivity index is 2.57. The van der Waals surface area contributed by atoms with Gasteiger partial charge >= 0.3 is 0 Å². The van der Waals surface area contributed by atoms with Gasteiger partial charge in [-0.1, -0.05) is 18.1 Å². The standard InChI is InChI=1S/C10H11NO/c12-10-6-7-11(8-10)9-4-2-1-3-5-9/h1-5H,6-8H2/i1D,2D,3D,4D,5D. The Morgan fingerprint density at radius 2 is 2.08 bits per heavy atom. The van der Waals surface area contributed by atoms with Crippen LogP contribution in [0.4, 0.5) is 5.69 Å². The molecular formula is C10H11NO. The molecule has 0 amide bonds. The van der Waals surface area contributed by atoms with Crippen LogP contribution in [-0.4, -0.2) is 18.9 Å². The highest BCUT2D eigenvalue weighted by Gasteiger charge is 2.18. The molecule has 0 aromatic heterocycles. The van der Waals surface area contributed by atoms with Crippen molar-refractivity contribution in [3.8, 4) is 0 Å². The van der Waals surface area contributed by atoms with Crippen molar-refractivity contribution in [1.29, 1.82) is 0 Å². The Morgan fingerprint density at radius 3 is 2.67 bits per heavy atom. The zero-order valence-corrected chi connectivity index (χ0v) is 6.48. The minimum Gasteiger partial charge on any atom is -0.364 e. The topological polar surface area (TPSA) is 20.3 Å². The van der Waals surface area contributed by atoms with Crippen LogP contribution in [0.1, 0.15) is 13.3 Å². The lowest BCUT2D eigenvalue weighted by Gasteiger charge is -2.15. The van der Waals surface area contributed by atoms with Crippen molar-refractivity contribution in [3.05, 3.63) is 30.2 Å². The fraction of sp³-hybridized carbons (Fsp3) is 0.300. The molecule has 1 saturated heterocycles. The maximum atomic E-state index is 11.2. The molecule has 62 valence electrons. The average molecular weight is 166 g/mol. The summed E-state index contributed by atoms with van der Waals surface area (Å²) >= 11 is 0. The number of ketones is 1. The van der Waals surface area contributed by atoms with Gasteiger partial charge in [-0.15, -0.1) is 0 Å². The van der Waals surface area contributed by atoms with E-state index in [1.54, 1.807) is 4.90 Å². The molecule has 1 aromatic rings. The van der Waals surface area contributed by atoms with Gasteiger partial charge in [-0.25, -0.2) is 0 Å². The van der Waals surface area contributed by atoms with Crippen LogP contribution in [0.3, 0.4) is 0 Å². The summed E-state index contributed by atoms with van der Waals surface area (Å²) in [5, 5.41) is 0. The molecule has 0 unspecified atom stereocenters. The van der Waals surface area contributed by atoms with Crippen molar-refractivity contribution in [1.82, 2.24) is 0 Å². The smallest absolute Gasteiger partial charge is 0.153 e. The van der Waals surface area contributed by atoms with Crippen LogP contribution in [0, 0.1) is 0 Å². The molecule has 2 heteroatoms. The van der Waals surface area contributed by atoms with E-state index in [0.29, 0.717) is 13.0 Å². The van der Waals surface area contributed by atoms with Gasteiger partial charge in [0.25, 0.3) is 0 Å². The van der Waals surface area contributed by atoms with Gasteiger partial charge in [-0.2, -0.15) is 0 Å². The summed E-state index contributed by atoms with van der Waals surface area (Å²) < 4.78 is 38.0. The number of hydrogen-bond donors (Lipinski definition) is 0. The lowest BCUT2D eigenvalue weighted by molar-refractivity contribution is -0.116. The Bertz CT molecular complexity index is 473. The second kappa shape index (κ2) is 2.97. The van der Waals surface area contributed by atoms with Crippen LogP contribution in [0.25, 0.3) is 0 Å². The molecular weight excluding hydrogens is 150 g/mol. The normalized spacial score (nSPS) is 22.8. The van der Waals surface area contributed by atoms with E-state index in [0.717, 1.165) is 0 Å². The third kappa shape index (κ3) is 1.33. The first kappa shape index (κ1) is 3.60. The molecule has 0 N–H and O–H groups in total. The number of carbonyl (C=O) groups is 1. The number of para-hydroxylation sites is 1. The number of benzene rings is 1. The number of carbonyl (C=O) groups excluding carboxylic acids is 1. The maximum Gasteiger partial charge on any atom is 0.153 e. The van der Waals surface area contributed by atoms with Gasteiger partial charge in [0.2, 0.25) is 0 Å². The first-order valence-corrected chi connectivity index (χ1v) is 3.77. The zero-order chi connectivity index (χ0) is 12.7. The number of hydrogen-bond acceptors (Lipinski definition) is 2. The number of Topliss-reactive ketones (excluding diaryl/α,β-unsaturated/α-hetero) is 1. The Kier molecular flexibility index (Phi) is 0.893. The van der Waals surface area contributed by atoms with E-state index < -0.39 is 6.04 Å². The minimum absolute atomic E-state index is 0.0248. The summed E-state index contributed by atoms with van der Waals surface area (Å²) in [7, 11) is 0. The number of nitrogens with zero attached hydrogens (tertiary/aromatic N) is 1. The van der Waals surface area contributed by atoms with Gasteiger partial charge in [0.15, 0.2) is 5.78 Å². The molecule has 0 aliphatic carbocycles. The van der Waals surface area contributed by atoms with E-state index >= 15 is 0 Å². The SMILES string of the molecule is [2H]c1c([2H])c([2H])c(N2CCC(=O)C2)c([2H])c1[2H]. The molecule has 1 fully saturated rings. The van der Waals surface area contributed by atoms with Gasteiger partial charge in [0.1, 0.15) is 0 Å². The molecule has 0 bridgehead atoms. The van der Waals surface area contributed by atoms with Crippen LogP contribution in [0.15, 0.2) is 30.2 Å². The number of anilines is 1. The van der Waals surface area contributed by atoms with Gasteiger partial charge in [-0.3, -0.25) is 4.79 Å². The fourth-order valence-electron chi connectivity index (χ4n) is 1.22. The average Bonchev–Trinajstić information content (AvgIpc) is 2.71. The molecule has 1 aliphatic rings. The van der Waals surface area contributed by atoms with Crippen molar-refractivity contribution >= 4 is 11.5 Å². The highest BCUT2D eigenvalue weighted by atomic mass is 16.1. The van der Waals surface area contributed by atoms with Gasteiger partial charge < -0.3 is 4.90 Å². The summed E-state index contributed by atoms with van der Waals surface area (Å²) in [6.07, 6.45) is 0.363. The largest absolute Gasteiger partial charge is 0.364 e. The molecule has 2 rings (SSSR count). The first-order valence-electron chi connectivity index (χ1n) is 6.27. The first-order chi connectivity index (χ1) is 7.93. The monoisotopic (exact) mass is 166 g/mol. The molecule has 0 radical (unpaired) electrons. The molecule has 0 spiro atoms. The van der Waals surface area contributed by atoms with E-state index in [2.05, 4.69) is 0 Å². The second-order valence-electron chi connectivity index (χ2n) is 2.68. The van der Waals surface area contributed by atoms with E-state index in [-0.39, 0.29) is 42.2 Å². The highest BCUT2D eigenvalue weighted by molar-refractivity contribution is 5.87. The van der Waals surface area contributed by atoms with Crippen molar-refractivity contribution in [2.24, 2.45) is 0 Å². The molecule has 2 nitrogen and oxygen atoms in total. The molecule has 1 heterocycles. The third-order valence-corrected chi connectivity index (χ3v) is 1.83. The van der Waals surface area contributed by atoms with E-state index in [1.807, 2.05) is 0 Å². The highest BCUT2D eigenvalue weighted by Crippen LogP contribution is 2.17. The third-order valence-electron chi connectivity index (χ3n) is 1.83. The quantitative estimate of drug-likeness (QED) is 0.629. The molecule has 12 heavy (non-hydrogen) atoms. The van der Waals surface area contributed by atoms with Gasteiger partial charge in [-0.05, 0) is 12.1 Å². The summed E-state index contributed by atoms with van der Waals surface area (Å²) in [5.74, 6) is 0.0248.